The van der Waals surface area contributed by atoms with Crippen LogP contribution < -0.4 is 47.7 Å². The van der Waals surface area contributed by atoms with Crippen LogP contribution in [0.2, 0.25) is 0 Å². The second-order valence-corrected chi connectivity index (χ2v) is 22.6. The third-order valence-electron chi connectivity index (χ3n) is 10.2. The molecule has 0 unspecified atom stereocenters. The zero-order valence-electron chi connectivity index (χ0n) is 39.9. The van der Waals surface area contributed by atoms with E-state index in [-0.39, 0.29) is 0 Å². The quantitative estimate of drug-likeness (QED) is 0.0304. The fraction of sp³-hybridized carbons (Fsp3) is 0.0328. The SMILES string of the molecule is F[B-](F)(F)F.[CH-]=CC(=O)OCC.[C]=C[P+](c1ccccc1)(c1ccccc1)c1ccccc1.[Cl][Os].c1ccc(P(c2ccccc2)c2ccccc2)cc1.c1ccc(P(c2ccccc2)c2ccccc2)cc1. The number of rotatable bonds is 12. The average Bonchev–Trinajstić information content (AvgIpc) is 3.45. The minimum absolute atomic E-state index is 0.381. The summed E-state index contributed by atoms with van der Waals surface area (Å²) in [7, 11) is -4.22. The Labute approximate surface area is 446 Å². The molecule has 12 heteroatoms. The standard InChI is InChI=1S/C20H16P.2C18H15P.C5H7O2.BF4.ClH.Os/c1-2-21(18-12-6-3-7-13-18,19-14-8-4-9-15-19)20-16-10-5-11-17-20;2*1-4-10-16(11-5-1)19(17-12-6-2-7-13-17)18-14-8-3-9-15-18;1-3-5(6)7-4-2;2-1(3,4)5;;/h2-17H;2*1-15H;1,3H,4H2,2H3;;1H;/q+1;;;2*-1;;+1/p-1. The summed E-state index contributed by atoms with van der Waals surface area (Å²) in [6, 6.07) is 95.9. The Hall–Kier alpha value is -6.07. The van der Waals surface area contributed by atoms with Gasteiger partial charge in [-0.2, -0.15) is 6.08 Å². The zero-order chi connectivity index (χ0) is 52.6. The van der Waals surface area contributed by atoms with E-state index in [2.05, 4.69) is 269 Å². The smallest absolute Gasteiger partial charge is 0.0134 e. The van der Waals surface area contributed by atoms with Gasteiger partial charge in [-0.25, -0.2) is 0 Å². The first-order chi connectivity index (χ1) is 35.6. The molecule has 0 aliphatic rings. The molecule has 0 bridgehead atoms. The number of carbonyl (C=O) groups excluding carboxylic acids is 1. The Morgan fingerprint density at radius 3 is 0.781 bits per heavy atom. The minimum atomic E-state index is -6.00. The van der Waals surface area contributed by atoms with Crippen molar-refractivity contribution in [1.82, 2.24) is 0 Å². The topological polar surface area (TPSA) is 26.3 Å². The maximum atomic E-state index is 10.0. The largest absolute Gasteiger partial charge is 0.0622 e. The van der Waals surface area contributed by atoms with Gasteiger partial charge in [0, 0.05) is 6.58 Å². The second-order valence-electron chi connectivity index (χ2n) is 15.0. The molecule has 0 saturated heterocycles. The summed E-state index contributed by atoms with van der Waals surface area (Å²) in [5.41, 5.74) is 0. The van der Waals surface area contributed by atoms with Crippen LogP contribution in [0.25, 0.3) is 0 Å². The van der Waals surface area contributed by atoms with Crippen molar-refractivity contribution in [2.24, 2.45) is 0 Å². The molecule has 0 amide bonds. The van der Waals surface area contributed by atoms with Gasteiger partial charge in [-0.3, -0.25) is 6.58 Å². The Bertz CT molecular complexity index is 2460. The first-order valence-electron chi connectivity index (χ1n) is 22.8. The summed E-state index contributed by atoms with van der Waals surface area (Å²) in [6.45, 7) is 15.1. The molecule has 0 fully saturated rings. The van der Waals surface area contributed by atoms with Crippen molar-refractivity contribution in [1.29, 1.82) is 0 Å². The molecule has 2 nitrogen and oxygen atoms in total. The van der Waals surface area contributed by atoms with Gasteiger partial charge >= 0.3 is 34.5 Å². The molecule has 371 valence electrons. The number of hydrogen-bond donors (Lipinski definition) is 0. The van der Waals surface area contributed by atoms with E-state index in [0.29, 0.717) is 6.61 Å². The van der Waals surface area contributed by atoms with Crippen LogP contribution >= 0.6 is 32.7 Å². The van der Waals surface area contributed by atoms with Crippen molar-refractivity contribution >= 4 is 93.7 Å². The number of ether oxygens (including phenoxy) is 1. The van der Waals surface area contributed by atoms with Crippen molar-refractivity contribution < 1.29 is 44.4 Å². The number of benzene rings is 9. The van der Waals surface area contributed by atoms with Crippen LogP contribution in [0, 0.1) is 13.2 Å². The van der Waals surface area contributed by atoms with Crippen LogP contribution in [-0.2, 0) is 27.1 Å². The Morgan fingerprint density at radius 1 is 0.466 bits per heavy atom. The van der Waals surface area contributed by atoms with E-state index in [0.717, 1.165) is 6.08 Å². The third-order valence-corrected chi connectivity index (χ3v) is 18.8. The van der Waals surface area contributed by atoms with Crippen molar-refractivity contribution in [3.05, 3.63) is 298 Å². The molecule has 0 aromatic heterocycles. The van der Waals surface area contributed by atoms with E-state index in [1.807, 2.05) is 18.2 Å². The van der Waals surface area contributed by atoms with E-state index in [9.17, 15) is 22.1 Å². The monoisotopic (exact) mass is 1220 g/mol. The molecule has 9 rings (SSSR count). The van der Waals surface area contributed by atoms with E-state index in [4.69, 9.17) is 13.2 Å². The molecule has 0 aliphatic heterocycles. The van der Waals surface area contributed by atoms with Gasteiger partial charge in [-0.05, 0) is 91.0 Å². The molecule has 73 heavy (non-hydrogen) atoms. The normalized spacial score (nSPS) is 10.3. The van der Waals surface area contributed by atoms with E-state index >= 15 is 0 Å². The maximum absolute atomic E-state index is 10.0. The fourth-order valence-corrected chi connectivity index (χ4v) is 15.1. The van der Waals surface area contributed by atoms with Crippen LogP contribution in [-0.4, -0.2) is 19.8 Å². The first-order valence-corrected chi connectivity index (χ1v) is 30.5. The van der Waals surface area contributed by atoms with E-state index in [1.54, 1.807) is 12.7 Å². The van der Waals surface area contributed by atoms with Crippen molar-refractivity contribution in [2.45, 2.75) is 6.92 Å². The molecule has 0 aliphatic carbocycles. The molecule has 0 saturated carbocycles. The average molecular weight is 1220 g/mol. The number of hydrogen-bond acceptors (Lipinski definition) is 2. The van der Waals surface area contributed by atoms with Gasteiger partial charge in [0.05, 0.1) is 12.4 Å². The van der Waals surface area contributed by atoms with Crippen molar-refractivity contribution in [3.8, 4) is 0 Å². The van der Waals surface area contributed by atoms with Gasteiger partial charge in [0.1, 0.15) is 23.2 Å². The predicted octanol–water partition coefficient (Wildman–Crippen LogP) is 13.2. The molecular weight excluding hydrogens is 1170 g/mol. The summed E-state index contributed by atoms with van der Waals surface area (Å²) < 4.78 is 43.4. The van der Waals surface area contributed by atoms with Crippen molar-refractivity contribution in [3.63, 3.8) is 0 Å². The zero-order valence-corrected chi connectivity index (χ0v) is 45.9. The Kier molecular flexibility index (Phi) is 27.4. The van der Waals surface area contributed by atoms with E-state index < -0.39 is 36.3 Å². The van der Waals surface area contributed by atoms with Crippen LogP contribution in [0.4, 0.5) is 17.3 Å². The van der Waals surface area contributed by atoms with Gasteiger partial charge in [0.25, 0.3) is 0 Å². The molecule has 9 aromatic carbocycles. The van der Waals surface area contributed by atoms with Gasteiger partial charge in [-0.1, -0.05) is 237 Å². The number of carbonyl (C=O) groups is 1. The minimum Gasteiger partial charge on any atom is -0.0622 e. The maximum Gasteiger partial charge on any atom is -0.0134 e. The molecule has 0 spiro atoms. The summed E-state index contributed by atoms with van der Waals surface area (Å²) >= 11 is 1.33. The van der Waals surface area contributed by atoms with Crippen LogP contribution in [0.1, 0.15) is 6.92 Å². The summed E-state index contributed by atoms with van der Waals surface area (Å²) in [6.07, 6.45) is 0.892. The van der Waals surface area contributed by atoms with Crippen molar-refractivity contribution in [2.75, 3.05) is 6.61 Å². The molecule has 0 heterocycles. The molecular formula is C61H53BClF4O2OsP3-. The molecule has 9 aromatic rings. The summed E-state index contributed by atoms with van der Waals surface area (Å²) in [5.74, 6) is 1.19. The van der Waals surface area contributed by atoms with Gasteiger partial charge in [-0.15, -0.1) is 0 Å². The second kappa shape index (κ2) is 33.6. The predicted molar refractivity (Wildman–Crippen MR) is 305 cm³/mol. The van der Waals surface area contributed by atoms with Crippen LogP contribution in [0.3, 0.4) is 0 Å². The number of esters is 1. The third kappa shape index (κ3) is 20.1. The fourth-order valence-electron chi connectivity index (χ4n) is 7.21. The van der Waals surface area contributed by atoms with Crippen LogP contribution in [0.5, 0.6) is 0 Å². The Morgan fingerprint density at radius 2 is 0.644 bits per heavy atom. The van der Waals surface area contributed by atoms with Gasteiger partial charge in [0.2, 0.25) is 0 Å². The Balaban J connectivity index is 0.000000210. The number of halogens is 5. The first kappa shape index (κ1) is 59.5. The molecule has 2 radical (unpaired) electrons. The van der Waals surface area contributed by atoms with Gasteiger partial charge in [0.15, 0.2) is 5.97 Å². The molecule has 0 atom stereocenters. The van der Waals surface area contributed by atoms with Crippen LogP contribution in [0.15, 0.2) is 285 Å². The summed E-state index contributed by atoms with van der Waals surface area (Å²) in [4.78, 5) is 10.0. The summed E-state index contributed by atoms with van der Waals surface area (Å²) in [5, 5.41) is 12.0. The van der Waals surface area contributed by atoms with Gasteiger partial charge < -0.3 is 26.8 Å². The molecule has 0 N–H and O–H groups in total. The van der Waals surface area contributed by atoms with E-state index in [1.165, 1.54) is 65.3 Å².